The van der Waals surface area contributed by atoms with E-state index in [-0.39, 0.29) is 17.4 Å². The van der Waals surface area contributed by atoms with Crippen LogP contribution in [0, 0.1) is 11.3 Å². The first-order valence-corrected chi connectivity index (χ1v) is 10.4. The molecule has 1 amide bonds. The minimum Gasteiger partial charge on any atom is -0.440 e. The summed E-state index contributed by atoms with van der Waals surface area (Å²) in [6.07, 6.45) is 10.3. The SMILES string of the molecule is N#Cc1ccc(C(=O)NC/C=C\C(=C/CN2CCCCC2)CN2CCOCC2)o1. The van der Waals surface area contributed by atoms with Crippen LogP contribution in [-0.4, -0.2) is 74.7 Å². The van der Waals surface area contributed by atoms with Gasteiger partial charge in [0.2, 0.25) is 5.76 Å². The molecule has 2 aliphatic heterocycles. The Morgan fingerprint density at radius 3 is 2.66 bits per heavy atom. The molecule has 156 valence electrons. The predicted molar refractivity (Wildman–Crippen MR) is 111 cm³/mol. The van der Waals surface area contributed by atoms with Crippen LogP contribution in [0.25, 0.3) is 0 Å². The molecule has 1 N–H and O–H groups in total. The Kier molecular flexibility index (Phi) is 8.50. The molecule has 2 aliphatic rings. The molecule has 7 heteroatoms. The zero-order chi connectivity index (χ0) is 20.3. The van der Waals surface area contributed by atoms with Gasteiger partial charge in [-0.25, -0.2) is 0 Å². The van der Waals surface area contributed by atoms with Crippen molar-refractivity contribution in [3.8, 4) is 6.07 Å². The maximum atomic E-state index is 12.1. The molecule has 7 nitrogen and oxygen atoms in total. The second kappa shape index (κ2) is 11.6. The predicted octanol–water partition coefficient (Wildman–Crippen LogP) is 2.18. The van der Waals surface area contributed by atoms with Gasteiger partial charge in [0.25, 0.3) is 5.91 Å². The number of nitrogens with one attached hydrogen (secondary N) is 1. The summed E-state index contributed by atoms with van der Waals surface area (Å²) >= 11 is 0. The minimum atomic E-state index is -0.317. The lowest BCUT2D eigenvalue weighted by Gasteiger charge is -2.28. The highest BCUT2D eigenvalue weighted by atomic mass is 16.5. The number of carbonyl (C=O) groups excluding carboxylic acids is 1. The van der Waals surface area contributed by atoms with Crippen LogP contribution in [0.5, 0.6) is 0 Å². The number of nitrogens with zero attached hydrogens (tertiary/aromatic N) is 3. The van der Waals surface area contributed by atoms with Gasteiger partial charge in [0.1, 0.15) is 6.07 Å². The van der Waals surface area contributed by atoms with Crippen molar-refractivity contribution in [2.24, 2.45) is 0 Å². The molecule has 0 saturated carbocycles. The zero-order valence-electron chi connectivity index (χ0n) is 16.9. The first-order chi connectivity index (χ1) is 14.2. The number of amides is 1. The maximum Gasteiger partial charge on any atom is 0.287 e. The molecule has 0 unspecified atom stereocenters. The van der Waals surface area contributed by atoms with Crippen molar-refractivity contribution in [2.75, 3.05) is 59.0 Å². The van der Waals surface area contributed by atoms with Gasteiger partial charge in [0, 0.05) is 32.7 Å². The first-order valence-electron chi connectivity index (χ1n) is 10.4. The summed E-state index contributed by atoms with van der Waals surface area (Å²) in [7, 11) is 0. The van der Waals surface area contributed by atoms with Crippen LogP contribution in [0.4, 0.5) is 0 Å². The van der Waals surface area contributed by atoms with E-state index in [9.17, 15) is 4.79 Å². The van der Waals surface area contributed by atoms with Crippen LogP contribution in [0.1, 0.15) is 35.6 Å². The smallest absolute Gasteiger partial charge is 0.287 e. The van der Waals surface area contributed by atoms with E-state index >= 15 is 0 Å². The van der Waals surface area contributed by atoms with Gasteiger partial charge in [-0.2, -0.15) is 5.26 Å². The Labute approximate surface area is 172 Å². The van der Waals surface area contributed by atoms with Crippen molar-refractivity contribution >= 4 is 5.91 Å². The normalized spacial score (nSPS) is 19.3. The van der Waals surface area contributed by atoms with Crippen molar-refractivity contribution in [3.63, 3.8) is 0 Å². The third-order valence-corrected chi connectivity index (χ3v) is 5.22. The number of hydrogen-bond acceptors (Lipinski definition) is 6. The molecule has 1 aromatic heterocycles. The Morgan fingerprint density at radius 2 is 1.93 bits per heavy atom. The van der Waals surface area contributed by atoms with E-state index in [4.69, 9.17) is 14.4 Å². The van der Waals surface area contributed by atoms with Crippen LogP contribution in [0.3, 0.4) is 0 Å². The number of nitriles is 1. The molecule has 0 bridgehead atoms. The summed E-state index contributed by atoms with van der Waals surface area (Å²) in [5.41, 5.74) is 1.26. The van der Waals surface area contributed by atoms with Crippen molar-refractivity contribution in [2.45, 2.75) is 19.3 Å². The Balaban J connectivity index is 1.52. The number of likely N-dealkylation sites (tertiary alicyclic amines) is 1. The molecule has 2 fully saturated rings. The molecule has 0 aromatic carbocycles. The fraction of sp³-hybridized carbons (Fsp3) is 0.545. The number of morpholine rings is 1. The van der Waals surface area contributed by atoms with Gasteiger partial charge in [-0.3, -0.25) is 14.6 Å². The van der Waals surface area contributed by atoms with Gasteiger partial charge < -0.3 is 14.5 Å². The van der Waals surface area contributed by atoms with E-state index in [1.54, 1.807) is 0 Å². The number of ether oxygens (including phenoxy) is 1. The third kappa shape index (κ3) is 7.17. The molecule has 0 radical (unpaired) electrons. The molecule has 0 atom stereocenters. The lowest BCUT2D eigenvalue weighted by atomic mass is 10.1. The quantitative estimate of drug-likeness (QED) is 0.676. The van der Waals surface area contributed by atoms with Crippen molar-refractivity contribution in [3.05, 3.63) is 47.5 Å². The Hall–Kier alpha value is -2.40. The van der Waals surface area contributed by atoms with Crippen LogP contribution in [0.2, 0.25) is 0 Å². The molecule has 3 rings (SSSR count). The second-order valence-electron chi connectivity index (χ2n) is 7.42. The second-order valence-corrected chi connectivity index (χ2v) is 7.42. The van der Waals surface area contributed by atoms with Crippen molar-refractivity contribution in [1.82, 2.24) is 15.1 Å². The summed E-state index contributed by atoms with van der Waals surface area (Å²) < 4.78 is 10.6. The van der Waals surface area contributed by atoms with Crippen LogP contribution in [0.15, 0.2) is 40.4 Å². The van der Waals surface area contributed by atoms with Gasteiger partial charge in [-0.05, 0) is 43.6 Å². The number of hydrogen-bond donors (Lipinski definition) is 1. The zero-order valence-corrected chi connectivity index (χ0v) is 16.9. The van der Waals surface area contributed by atoms with Crippen LogP contribution < -0.4 is 5.32 Å². The first kappa shape index (κ1) is 21.3. The van der Waals surface area contributed by atoms with Gasteiger partial charge in [-0.1, -0.05) is 24.6 Å². The van der Waals surface area contributed by atoms with Gasteiger partial charge in [0.05, 0.1) is 13.2 Å². The lowest BCUT2D eigenvalue weighted by molar-refractivity contribution is 0.0425. The molecule has 1 aromatic rings. The largest absolute Gasteiger partial charge is 0.440 e. The number of piperidine rings is 1. The van der Waals surface area contributed by atoms with E-state index in [0.717, 1.165) is 39.4 Å². The number of furan rings is 1. The fourth-order valence-corrected chi connectivity index (χ4v) is 3.56. The maximum absolute atomic E-state index is 12.1. The summed E-state index contributed by atoms with van der Waals surface area (Å²) in [6.45, 7) is 8.09. The fourth-order valence-electron chi connectivity index (χ4n) is 3.56. The molecule has 29 heavy (non-hydrogen) atoms. The standard InChI is InChI=1S/C22H30N4O3/c23-17-20-6-7-21(29-20)22(27)24-9-4-5-19(18-26-13-15-28-16-14-26)8-12-25-10-2-1-3-11-25/h4-8H,1-3,9-16,18H2,(H,24,27)/b5-4-,19-8+. The van der Waals surface area contributed by atoms with E-state index in [1.807, 2.05) is 12.1 Å². The topological polar surface area (TPSA) is 81.7 Å². The summed E-state index contributed by atoms with van der Waals surface area (Å²) in [5.74, 6) is -0.0218. The van der Waals surface area contributed by atoms with Gasteiger partial charge in [0.15, 0.2) is 5.76 Å². The van der Waals surface area contributed by atoms with Crippen LogP contribution >= 0.6 is 0 Å². The third-order valence-electron chi connectivity index (χ3n) is 5.22. The van der Waals surface area contributed by atoms with Gasteiger partial charge in [-0.15, -0.1) is 0 Å². The molecule has 0 aliphatic carbocycles. The monoisotopic (exact) mass is 398 g/mol. The van der Waals surface area contributed by atoms with Gasteiger partial charge >= 0.3 is 0 Å². The van der Waals surface area contributed by atoms with E-state index in [0.29, 0.717) is 6.54 Å². The highest BCUT2D eigenvalue weighted by Gasteiger charge is 2.13. The lowest BCUT2D eigenvalue weighted by Crippen LogP contribution is -2.37. The average Bonchev–Trinajstić information content (AvgIpc) is 3.25. The van der Waals surface area contributed by atoms with Crippen LogP contribution in [-0.2, 0) is 4.74 Å². The average molecular weight is 399 g/mol. The van der Waals surface area contributed by atoms with Crippen molar-refractivity contribution in [1.29, 1.82) is 5.26 Å². The number of rotatable bonds is 8. The molecule has 2 saturated heterocycles. The summed E-state index contributed by atoms with van der Waals surface area (Å²) in [4.78, 5) is 17.0. The van der Waals surface area contributed by atoms with E-state index in [2.05, 4.69) is 27.3 Å². The van der Waals surface area contributed by atoms with E-state index in [1.165, 1.54) is 50.1 Å². The minimum absolute atomic E-state index is 0.138. The Bertz CT molecular complexity index is 750. The molecule has 3 heterocycles. The molecular weight excluding hydrogens is 368 g/mol. The summed E-state index contributed by atoms with van der Waals surface area (Å²) in [5, 5.41) is 11.6. The Morgan fingerprint density at radius 1 is 1.14 bits per heavy atom. The highest BCUT2D eigenvalue weighted by molar-refractivity contribution is 5.91. The number of carbonyl (C=O) groups is 1. The van der Waals surface area contributed by atoms with Crippen molar-refractivity contribution < 1.29 is 13.9 Å². The van der Waals surface area contributed by atoms with E-state index < -0.39 is 0 Å². The molecular formula is C22H30N4O3. The highest BCUT2D eigenvalue weighted by Crippen LogP contribution is 2.11. The summed E-state index contributed by atoms with van der Waals surface area (Å²) in [6, 6.07) is 4.89. The molecule has 0 spiro atoms.